The highest BCUT2D eigenvalue weighted by molar-refractivity contribution is 5.90. The summed E-state index contributed by atoms with van der Waals surface area (Å²) < 4.78 is 16.5. The maximum absolute atomic E-state index is 12.8. The Kier molecular flexibility index (Phi) is 2.60. The van der Waals surface area contributed by atoms with Crippen molar-refractivity contribution in [1.29, 1.82) is 0 Å². The number of carbonyl (C=O) groups excluding carboxylic acids is 1. The number of carbonyl (C=O) groups is 2. The number of fused-ring (bicyclic) bond motifs is 2. The van der Waals surface area contributed by atoms with Crippen LogP contribution in [-0.2, 0) is 20.9 Å². The van der Waals surface area contributed by atoms with Crippen LogP contribution in [0.2, 0.25) is 0 Å². The molecule has 7 heteroatoms. The zero-order valence-corrected chi connectivity index (χ0v) is 12.7. The number of nitrogens with zero attached hydrogens (tertiary/aromatic N) is 1. The number of carboxylic acid groups (broad SMARTS) is 1. The Morgan fingerprint density at radius 3 is 3.00 bits per heavy atom. The fourth-order valence-electron chi connectivity index (χ4n) is 4.25. The minimum absolute atomic E-state index is 0.160. The molecule has 2 bridgehead atoms. The molecule has 24 heavy (non-hydrogen) atoms. The molecule has 0 unspecified atom stereocenters. The SMILES string of the molecule is O=C(O)[C@@H]1[C@@H]2C=C[C@]3(CN(Cc4ccc5c(c4)OCO5)C(=O)[C@H]13)O2. The van der Waals surface area contributed by atoms with Crippen molar-refractivity contribution in [3.63, 3.8) is 0 Å². The monoisotopic (exact) mass is 329 g/mol. The summed E-state index contributed by atoms with van der Waals surface area (Å²) in [4.78, 5) is 26.0. The van der Waals surface area contributed by atoms with Gasteiger partial charge in [-0.3, -0.25) is 9.59 Å². The highest BCUT2D eigenvalue weighted by Crippen LogP contribution is 2.52. The standard InChI is InChI=1S/C17H15NO6/c19-15-14-13(16(20)21)11-3-4-17(14,24-11)7-18(15)6-9-1-2-10-12(5-9)23-8-22-10/h1-5,11,13-14H,6-8H2,(H,20,21)/t11-,13+,14-,17+/m0/s1. The number of aliphatic carboxylic acids is 1. The number of hydrogen-bond acceptors (Lipinski definition) is 5. The summed E-state index contributed by atoms with van der Waals surface area (Å²) in [5.74, 6) is -1.22. The number of carboxylic acids is 1. The Hall–Kier alpha value is -2.54. The van der Waals surface area contributed by atoms with E-state index in [1.807, 2.05) is 24.3 Å². The first-order valence-electron chi connectivity index (χ1n) is 7.85. The Morgan fingerprint density at radius 2 is 2.17 bits per heavy atom. The quantitative estimate of drug-likeness (QED) is 0.825. The molecule has 4 heterocycles. The minimum atomic E-state index is -0.977. The zero-order valence-electron chi connectivity index (χ0n) is 12.7. The second-order valence-corrected chi connectivity index (χ2v) is 6.62. The largest absolute Gasteiger partial charge is 0.481 e. The van der Waals surface area contributed by atoms with Crippen LogP contribution >= 0.6 is 0 Å². The lowest BCUT2D eigenvalue weighted by molar-refractivity contribution is -0.148. The van der Waals surface area contributed by atoms with E-state index >= 15 is 0 Å². The molecule has 4 atom stereocenters. The van der Waals surface area contributed by atoms with Gasteiger partial charge < -0.3 is 24.2 Å². The lowest BCUT2D eigenvalue weighted by Crippen LogP contribution is -2.39. The van der Waals surface area contributed by atoms with E-state index in [9.17, 15) is 14.7 Å². The van der Waals surface area contributed by atoms with Crippen molar-refractivity contribution in [1.82, 2.24) is 4.90 Å². The van der Waals surface area contributed by atoms with Crippen LogP contribution in [0.5, 0.6) is 11.5 Å². The Labute approximate surface area is 137 Å². The topological polar surface area (TPSA) is 85.3 Å². The van der Waals surface area contributed by atoms with Crippen molar-refractivity contribution in [3.8, 4) is 11.5 Å². The van der Waals surface area contributed by atoms with Gasteiger partial charge in [0.05, 0.1) is 18.6 Å². The maximum atomic E-state index is 12.8. The summed E-state index contributed by atoms with van der Waals surface area (Å²) in [6.07, 6.45) is 3.13. The summed E-state index contributed by atoms with van der Waals surface area (Å²) in [5, 5.41) is 9.46. The molecular weight excluding hydrogens is 314 g/mol. The van der Waals surface area contributed by atoms with Gasteiger partial charge in [-0.1, -0.05) is 18.2 Å². The van der Waals surface area contributed by atoms with Crippen LogP contribution in [0.25, 0.3) is 0 Å². The first kappa shape index (κ1) is 13.9. The molecular formula is C17H15NO6. The van der Waals surface area contributed by atoms with Crippen LogP contribution in [0.3, 0.4) is 0 Å². The third-order valence-electron chi connectivity index (χ3n) is 5.27. The van der Waals surface area contributed by atoms with Crippen molar-refractivity contribution in [3.05, 3.63) is 35.9 Å². The van der Waals surface area contributed by atoms with Crippen molar-refractivity contribution >= 4 is 11.9 Å². The van der Waals surface area contributed by atoms with Gasteiger partial charge in [-0.25, -0.2) is 0 Å². The average Bonchev–Trinajstić information content (AvgIpc) is 3.28. The molecule has 4 aliphatic heterocycles. The van der Waals surface area contributed by atoms with Crippen LogP contribution in [0, 0.1) is 11.8 Å². The molecule has 0 aromatic heterocycles. The van der Waals surface area contributed by atoms with E-state index in [0.717, 1.165) is 5.56 Å². The molecule has 124 valence electrons. The van der Waals surface area contributed by atoms with Gasteiger partial charge in [-0.2, -0.15) is 0 Å². The van der Waals surface area contributed by atoms with Crippen LogP contribution in [-0.4, -0.2) is 46.9 Å². The second-order valence-electron chi connectivity index (χ2n) is 6.62. The average molecular weight is 329 g/mol. The van der Waals surface area contributed by atoms with Crippen molar-refractivity contribution < 1.29 is 28.9 Å². The molecule has 0 aliphatic carbocycles. The van der Waals surface area contributed by atoms with Gasteiger partial charge in [0.1, 0.15) is 11.5 Å². The maximum Gasteiger partial charge on any atom is 0.310 e. The van der Waals surface area contributed by atoms with Gasteiger partial charge in [-0.15, -0.1) is 0 Å². The molecule has 1 spiro atoms. The predicted molar refractivity (Wildman–Crippen MR) is 79.3 cm³/mol. The third-order valence-corrected chi connectivity index (χ3v) is 5.27. The second kappa shape index (κ2) is 4.51. The summed E-state index contributed by atoms with van der Waals surface area (Å²) in [6.45, 7) is 0.969. The van der Waals surface area contributed by atoms with Gasteiger partial charge in [0.15, 0.2) is 11.5 Å². The summed E-state index contributed by atoms with van der Waals surface area (Å²) >= 11 is 0. The molecule has 1 amide bonds. The first-order valence-corrected chi connectivity index (χ1v) is 7.85. The molecule has 7 nitrogen and oxygen atoms in total. The predicted octanol–water partition coefficient (Wildman–Crippen LogP) is 0.782. The number of benzene rings is 1. The normalized spacial score (nSPS) is 34.9. The van der Waals surface area contributed by atoms with E-state index < -0.39 is 29.5 Å². The summed E-state index contributed by atoms with van der Waals surface area (Å²) in [6, 6.07) is 5.55. The molecule has 0 radical (unpaired) electrons. The molecule has 1 N–H and O–H groups in total. The first-order chi connectivity index (χ1) is 11.6. The molecule has 5 rings (SSSR count). The van der Waals surface area contributed by atoms with E-state index in [1.165, 1.54) is 0 Å². The summed E-state index contributed by atoms with van der Waals surface area (Å²) in [7, 11) is 0. The Morgan fingerprint density at radius 1 is 1.33 bits per heavy atom. The van der Waals surface area contributed by atoms with Crippen molar-refractivity contribution in [2.75, 3.05) is 13.3 Å². The van der Waals surface area contributed by atoms with Gasteiger partial charge in [0, 0.05) is 6.54 Å². The van der Waals surface area contributed by atoms with Gasteiger partial charge >= 0.3 is 5.97 Å². The highest BCUT2D eigenvalue weighted by atomic mass is 16.7. The number of ether oxygens (including phenoxy) is 3. The number of likely N-dealkylation sites (tertiary alicyclic amines) is 1. The van der Waals surface area contributed by atoms with Crippen LogP contribution in [0.4, 0.5) is 0 Å². The smallest absolute Gasteiger partial charge is 0.310 e. The van der Waals surface area contributed by atoms with E-state index in [1.54, 1.807) is 11.0 Å². The highest BCUT2D eigenvalue weighted by Gasteiger charge is 2.66. The lowest BCUT2D eigenvalue weighted by Gasteiger charge is -2.21. The Bertz CT molecular complexity index is 789. The molecule has 0 saturated carbocycles. The summed E-state index contributed by atoms with van der Waals surface area (Å²) in [5.41, 5.74) is 0.121. The van der Waals surface area contributed by atoms with Crippen LogP contribution < -0.4 is 9.47 Å². The third kappa shape index (κ3) is 1.70. The molecule has 2 saturated heterocycles. The van der Waals surface area contributed by atoms with E-state index in [0.29, 0.717) is 24.6 Å². The molecule has 2 fully saturated rings. The Balaban J connectivity index is 1.42. The van der Waals surface area contributed by atoms with Gasteiger partial charge in [-0.05, 0) is 17.7 Å². The fraction of sp³-hybridized carbons (Fsp3) is 0.412. The van der Waals surface area contributed by atoms with Crippen molar-refractivity contribution in [2.24, 2.45) is 11.8 Å². The minimum Gasteiger partial charge on any atom is -0.481 e. The van der Waals surface area contributed by atoms with E-state index in [-0.39, 0.29) is 12.7 Å². The number of amides is 1. The lowest BCUT2D eigenvalue weighted by atomic mass is 9.77. The van der Waals surface area contributed by atoms with Crippen LogP contribution in [0.1, 0.15) is 5.56 Å². The molecule has 1 aromatic carbocycles. The number of hydrogen-bond donors (Lipinski definition) is 1. The molecule has 1 aromatic rings. The van der Waals surface area contributed by atoms with Gasteiger partial charge in [0.2, 0.25) is 12.7 Å². The van der Waals surface area contributed by atoms with Crippen LogP contribution in [0.15, 0.2) is 30.4 Å². The zero-order chi connectivity index (χ0) is 16.5. The number of rotatable bonds is 3. The molecule has 4 aliphatic rings. The van der Waals surface area contributed by atoms with E-state index in [4.69, 9.17) is 14.2 Å². The van der Waals surface area contributed by atoms with Gasteiger partial charge in [0.25, 0.3) is 0 Å². The fourth-order valence-corrected chi connectivity index (χ4v) is 4.25. The van der Waals surface area contributed by atoms with E-state index in [2.05, 4.69) is 0 Å². The van der Waals surface area contributed by atoms with Crippen molar-refractivity contribution in [2.45, 2.75) is 18.2 Å².